The van der Waals surface area contributed by atoms with Crippen molar-refractivity contribution < 1.29 is 22.5 Å². The van der Waals surface area contributed by atoms with E-state index < -0.39 is 17.5 Å². The van der Waals surface area contributed by atoms with Crippen LogP contribution in [0.3, 0.4) is 0 Å². The Labute approximate surface area is 237 Å². The quantitative estimate of drug-likeness (QED) is 0.125. The average Bonchev–Trinajstić information content (AvgIpc) is 3.45. The van der Waals surface area contributed by atoms with Crippen molar-refractivity contribution in [1.82, 2.24) is 10.6 Å². The van der Waals surface area contributed by atoms with Crippen LogP contribution >= 0.6 is 0 Å². The lowest BCUT2D eigenvalue weighted by atomic mass is 9.88. The van der Waals surface area contributed by atoms with Crippen LogP contribution in [-0.2, 0) is 0 Å². The summed E-state index contributed by atoms with van der Waals surface area (Å²) in [5.74, 6) is -2.46. The summed E-state index contributed by atoms with van der Waals surface area (Å²) in [6.07, 6.45) is 11.3. The normalized spacial score (nSPS) is 16.2. The lowest BCUT2D eigenvalue weighted by molar-refractivity contribution is -0.540. The van der Waals surface area contributed by atoms with Crippen LogP contribution in [0.2, 0.25) is 0 Å². The fraction of sp³-hybridized carbons (Fsp3) is 0.531. The van der Waals surface area contributed by atoms with Gasteiger partial charge in [0, 0.05) is 18.4 Å². The number of carbonyl (C=O) groups excluding carboxylic acids is 1. The molecule has 2 atom stereocenters. The average molecular weight is 558 g/mol. The largest absolute Gasteiger partial charge is 0.298 e. The molecule has 1 aliphatic carbocycles. The molecule has 2 aromatic carbocycles. The van der Waals surface area contributed by atoms with Crippen LogP contribution in [-0.4, -0.2) is 41.9 Å². The van der Waals surface area contributed by atoms with Gasteiger partial charge in [-0.1, -0.05) is 51.7 Å². The Morgan fingerprint density at radius 1 is 1.05 bits per heavy atom. The van der Waals surface area contributed by atoms with E-state index in [-0.39, 0.29) is 29.5 Å². The van der Waals surface area contributed by atoms with Crippen molar-refractivity contribution in [2.45, 2.75) is 103 Å². The monoisotopic (exact) mass is 557 g/mol. The van der Waals surface area contributed by atoms with E-state index in [9.17, 15) is 18.0 Å². The first-order chi connectivity index (χ1) is 19.2. The summed E-state index contributed by atoms with van der Waals surface area (Å²) in [4.78, 5) is 17.9. The van der Waals surface area contributed by atoms with Crippen LogP contribution < -0.4 is 10.6 Å². The zero-order valence-corrected chi connectivity index (χ0v) is 24.3. The van der Waals surface area contributed by atoms with Gasteiger partial charge in [0.2, 0.25) is 12.1 Å². The highest BCUT2D eigenvalue weighted by molar-refractivity contribution is 6.05. The van der Waals surface area contributed by atoms with E-state index >= 15 is 0 Å². The Morgan fingerprint density at radius 2 is 1.80 bits per heavy atom. The maximum atomic E-state index is 14.6. The van der Waals surface area contributed by atoms with Gasteiger partial charge in [-0.25, -0.2) is 22.7 Å². The second-order valence-corrected chi connectivity index (χ2v) is 10.9. The van der Waals surface area contributed by atoms with Crippen molar-refractivity contribution in [1.29, 1.82) is 0 Å². The van der Waals surface area contributed by atoms with E-state index in [1.807, 2.05) is 19.2 Å². The highest BCUT2D eigenvalue weighted by atomic mass is 19.2. The zero-order valence-electron chi connectivity index (χ0n) is 24.3. The van der Waals surface area contributed by atoms with Crippen molar-refractivity contribution in [2.24, 2.45) is 4.99 Å². The number of aryl methyl sites for hydroxylation is 1. The Bertz CT molecular complexity index is 1190. The summed E-state index contributed by atoms with van der Waals surface area (Å²) in [5.41, 5.74) is 1.58. The molecule has 2 aromatic rings. The summed E-state index contributed by atoms with van der Waals surface area (Å²) in [6, 6.07) is 8.63. The number of aliphatic imine (C=N–C) groups is 1. The number of guanidine groups is 1. The van der Waals surface area contributed by atoms with E-state index in [1.54, 1.807) is 13.0 Å². The summed E-state index contributed by atoms with van der Waals surface area (Å²) < 4.78 is 44.0. The van der Waals surface area contributed by atoms with Gasteiger partial charge < -0.3 is 0 Å². The molecule has 0 bridgehead atoms. The molecule has 0 aliphatic heterocycles. The number of hydrogen-bond acceptors (Lipinski definition) is 2. The lowest BCUT2D eigenvalue weighted by Crippen LogP contribution is -2.50. The maximum Gasteiger partial charge on any atom is 0.258 e. The van der Waals surface area contributed by atoms with E-state index in [4.69, 9.17) is 4.99 Å². The predicted molar refractivity (Wildman–Crippen MR) is 156 cm³/mol. The van der Waals surface area contributed by atoms with E-state index in [0.717, 1.165) is 75.5 Å². The topological polar surface area (TPSA) is 56.5 Å². The van der Waals surface area contributed by atoms with Gasteiger partial charge in [0.05, 0.1) is 6.04 Å². The summed E-state index contributed by atoms with van der Waals surface area (Å²) in [7, 11) is 1.99. The van der Waals surface area contributed by atoms with Crippen LogP contribution in [0.5, 0.6) is 0 Å². The fourth-order valence-corrected chi connectivity index (χ4v) is 5.09. The van der Waals surface area contributed by atoms with Crippen LogP contribution in [0.4, 0.5) is 13.2 Å². The number of nitrogens with zero attached hydrogens (tertiary/aromatic N) is 2. The molecule has 0 heterocycles. The summed E-state index contributed by atoms with van der Waals surface area (Å²) >= 11 is 0. The Balaban J connectivity index is 1.93. The Hall–Kier alpha value is -3.16. The molecule has 1 aliphatic rings. The number of halogens is 3. The SMILES string of the molecule is CCCC=[N+](C)C(CC(CCCC)c1ccc(C)c(F)c1)NC(=NC1CCCC1)NC(=O)c1ccc(F)c(F)c1. The van der Waals surface area contributed by atoms with Crippen molar-refractivity contribution >= 4 is 18.1 Å². The minimum atomic E-state index is -1.08. The van der Waals surface area contributed by atoms with Gasteiger partial charge in [0.1, 0.15) is 19.1 Å². The summed E-state index contributed by atoms with van der Waals surface area (Å²) in [6.45, 7) is 6.02. The fourth-order valence-electron chi connectivity index (χ4n) is 5.09. The smallest absolute Gasteiger partial charge is 0.258 e. The van der Waals surface area contributed by atoms with Gasteiger partial charge >= 0.3 is 0 Å². The van der Waals surface area contributed by atoms with Gasteiger partial charge in [-0.2, -0.15) is 0 Å². The predicted octanol–water partition coefficient (Wildman–Crippen LogP) is 7.23. The molecule has 0 saturated heterocycles. The minimum absolute atomic E-state index is 0.0122. The van der Waals surface area contributed by atoms with E-state index in [1.165, 1.54) is 6.07 Å². The first-order valence-corrected chi connectivity index (χ1v) is 14.6. The number of hydrogen-bond donors (Lipinski definition) is 2. The maximum absolute atomic E-state index is 14.6. The van der Waals surface area contributed by atoms with Crippen molar-refractivity contribution in [3.8, 4) is 0 Å². The van der Waals surface area contributed by atoms with Crippen LogP contribution in [0.25, 0.3) is 0 Å². The third kappa shape index (κ3) is 9.20. The van der Waals surface area contributed by atoms with Gasteiger partial charge in [-0.05, 0) is 73.9 Å². The Morgan fingerprint density at radius 3 is 2.45 bits per heavy atom. The molecule has 8 heteroatoms. The molecule has 5 nitrogen and oxygen atoms in total. The molecule has 1 saturated carbocycles. The number of nitrogens with one attached hydrogen (secondary N) is 2. The Kier molecular flexibility index (Phi) is 12.2. The second kappa shape index (κ2) is 15.6. The van der Waals surface area contributed by atoms with Crippen molar-refractivity contribution in [3.63, 3.8) is 0 Å². The molecular formula is C32H44F3N4O+. The third-order valence-corrected chi connectivity index (χ3v) is 7.63. The number of amides is 1. The molecule has 0 spiro atoms. The molecule has 40 heavy (non-hydrogen) atoms. The number of carbonyl (C=O) groups is 1. The molecule has 0 radical (unpaired) electrons. The molecule has 1 fully saturated rings. The van der Waals surface area contributed by atoms with E-state index in [0.29, 0.717) is 17.9 Å². The highest BCUT2D eigenvalue weighted by Crippen LogP contribution is 2.29. The van der Waals surface area contributed by atoms with Crippen LogP contribution in [0.15, 0.2) is 41.4 Å². The zero-order chi connectivity index (χ0) is 29.1. The van der Waals surface area contributed by atoms with Gasteiger partial charge in [-0.3, -0.25) is 15.4 Å². The molecule has 0 aromatic heterocycles. The minimum Gasteiger partial charge on any atom is -0.298 e. The van der Waals surface area contributed by atoms with Gasteiger partial charge in [0.25, 0.3) is 5.91 Å². The van der Waals surface area contributed by atoms with Gasteiger partial charge in [-0.15, -0.1) is 0 Å². The van der Waals surface area contributed by atoms with Crippen molar-refractivity contribution in [3.05, 3.63) is 70.5 Å². The standard InChI is InChI=1S/C32H43F3N4O/c1-5-7-11-23(24-15-14-22(3)28(34)19-24)21-30(39(4)18-8-6-2)37-32(36-26-12-9-10-13-26)38-31(40)25-16-17-27(33)29(35)20-25/h14-20,23,26,30H,5-13,21H2,1-4H3,(H-,36,37,38,40)/p+1. The van der Waals surface area contributed by atoms with Crippen molar-refractivity contribution in [2.75, 3.05) is 7.05 Å². The first kappa shape index (κ1) is 31.4. The summed E-state index contributed by atoms with van der Waals surface area (Å²) in [5, 5.41) is 6.30. The lowest BCUT2D eigenvalue weighted by Gasteiger charge is -2.24. The number of benzene rings is 2. The third-order valence-electron chi connectivity index (χ3n) is 7.63. The molecule has 3 rings (SSSR count). The van der Waals surface area contributed by atoms with Gasteiger partial charge in [0.15, 0.2) is 11.6 Å². The molecule has 1 amide bonds. The molecule has 2 N–H and O–H groups in total. The molecular weight excluding hydrogens is 513 g/mol. The number of unbranched alkanes of at least 4 members (excludes halogenated alkanes) is 2. The van der Waals surface area contributed by atoms with E-state index in [2.05, 4.69) is 35.3 Å². The molecule has 218 valence electrons. The first-order valence-electron chi connectivity index (χ1n) is 14.6. The number of rotatable bonds is 12. The highest BCUT2D eigenvalue weighted by Gasteiger charge is 2.27. The van der Waals surface area contributed by atoms with Crippen LogP contribution in [0, 0.1) is 24.4 Å². The van der Waals surface area contributed by atoms with Crippen LogP contribution in [0.1, 0.15) is 105 Å². The second-order valence-electron chi connectivity index (χ2n) is 10.9. The molecule has 2 unspecified atom stereocenters.